The van der Waals surface area contributed by atoms with Crippen molar-refractivity contribution < 1.29 is 10.6 Å². The summed E-state index contributed by atoms with van der Waals surface area (Å²) in [5, 5.41) is 4.62. The molecule has 0 radical (unpaired) electrons. The molecule has 0 fully saturated rings. The molecule has 0 amide bonds. The van der Waals surface area contributed by atoms with Crippen molar-refractivity contribution in [3.8, 4) is 0 Å². The molecule has 0 aliphatic carbocycles. The fourth-order valence-corrected chi connectivity index (χ4v) is 2.59. The van der Waals surface area contributed by atoms with Gasteiger partial charge in [0.1, 0.15) is 17.8 Å². The summed E-state index contributed by atoms with van der Waals surface area (Å²) >= 11 is 0. The average molecular weight is 256 g/mol. The van der Waals surface area contributed by atoms with Crippen LogP contribution >= 0.6 is 0 Å². The first kappa shape index (κ1) is 13.8. The van der Waals surface area contributed by atoms with E-state index in [1.807, 2.05) is 0 Å². The highest BCUT2D eigenvalue weighted by molar-refractivity contribution is 5.39. The Labute approximate surface area is 115 Å². The molecule has 2 nitrogen and oxygen atoms in total. The van der Waals surface area contributed by atoms with Gasteiger partial charge >= 0.3 is 0 Å². The van der Waals surface area contributed by atoms with Gasteiger partial charge in [0.2, 0.25) is 0 Å². The van der Waals surface area contributed by atoms with Gasteiger partial charge in [0.15, 0.2) is 0 Å². The molecule has 4 N–H and O–H groups in total. The second kappa shape index (κ2) is 6.50. The third-order valence-corrected chi connectivity index (χ3v) is 3.70. The van der Waals surface area contributed by atoms with Gasteiger partial charge in [0.25, 0.3) is 0 Å². The lowest BCUT2D eigenvalue weighted by atomic mass is 10.0. The maximum absolute atomic E-state index is 2.43. The number of hydrogen-bond acceptors (Lipinski definition) is 0. The summed E-state index contributed by atoms with van der Waals surface area (Å²) in [7, 11) is 2.10. The van der Waals surface area contributed by atoms with Crippen LogP contribution in [-0.2, 0) is 0 Å². The summed E-state index contributed by atoms with van der Waals surface area (Å²) in [4.78, 5) is 0. The normalized spacial score (nSPS) is 14.1. The first-order chi connectivity index (χ1) is 9.22. The van der Waals surface area contributed by atoms with Crippen LogP contribution in [0.2, 0.25) is 0 Å². The smallest absolute Gasteiger partial charge is 0.138 e. The number of rotatable bonds is 5. The Morgan fingerprint density at radius 3 is 2.11 bits per heavy atom. The lowest BCUT2D eigenvalue weighted by molar-refractivity contribution is -0.729. The van der Waals surface area contributed by atoms with Crippen molar-refractivity contribution in [2.75, 3.05) is 7.05 Å². The Balaban J connectivity index is 2.11. The highest BCUT2D eigenvalue weighted by atomic mass is 14.9. The van der Waals surface area contributed by atoms with E-state index in [0.29, 0.717) is 12.1 Å². The molecule has 0 saturated heterocycles. The minimum atomic E-state index is 0.461. The fourth-order valence-electron chi connectivity index (χ4n) is 2.59. The maximum Gasteiger partial charge on any atom is 0.138 e. The first-order valence-corrected chi connectivity index (χ1v) is 7.00. The Morgan fingerprint density at radius 2 is 1.42 bits per heavy atom. The fraction of sp³-hybridized carbons (Fsp3) is 0.294. The number of quaternary nitrogens is 2. The molecule has 0 bridgehead atoms. The zero-order valence-corrected chi connectivity index (χ0v) is 12.0. The summed E-state index contributed by atoms with van der Waals surface area (Å²) < 4.78 is 0. The summed E-state index contributed by atoms with van der Waals surface area (Å²) in [6.45, 7) is 4.55. The summed E-state index contributed by atoms with van der Waals surface area (Å²) in [6.07, 6.45) is 0. The van der Waals surface area contributed by atoms with Crippen molar-refractivity contribution in [1.82, 2.24) is 0 Å². The second-order valence-electron chi connectivity index (χ2n) is 5.10. The number of hydrogen-bond donors (Lipinski definition) is 2. The van der Waals surface area contributed by atoms with Crippen LogP contribution in [0.1, 0.15) is 37.1 Å². The van der Waals surface area contributed by atoms with Gasteiger partial charge in [-0.3, -0.25) is 0 Å². The maximum atomic E-state index is 2.43. The lowest BCUT2D eigenvalue weighted by Gasteiger charge is -2.18. The Hall–Kier alpha value is -1.64. The summed E-state index contributed by atoms with van der Waals surface area (Å²) in [6, 6.07) is 20.3. The molecule has 0 aliphatic rings. The van der Waals surface area contributed by atoms with Gasteiger partial charge in [-0.2, -0.15) is 0 Å². The zero-order chi connectivity index (χ0) is 13.7. The standard InChI is InChI=1S/C17H22N2/c1-13(15-9-5-4-6-10-15)19-14(2)16-11-7-8-12-17(16)18-3/h4-14,18-19H,1-3H3/p+2/t13-,14-/m0/s1. The molecule has 2 aromatic rings. The van der Waals surface area contributed by atoms with Crippen molar-refractivity contribution in [2.24, 2.45) is 0 Å². The van der Waals surface area contributed by atoms with Crippen LogP contribution in [-0.4, -0.2) is 7.05 Å². The highest BCUT2D eigenvalue weighted by Gasteiger charge is 2.18. The van der Waals surface area contributed by atoms with Gasteiger partial charge in [-0.25, -0.2) is 0 Å². The largest absolute Gasteiger partial charge is 0.334 e. The molecule has 0 unspecified atom stereocenters. The van der Waals surface area contributed by atoms with Gasteiger partial charge in [0.05, 0.1) is 12.6 Å². The molecular weight excluding hydrogens is 232 g/mol. The predicted molar refractivity (Wildman–Crippen MR) is 79.1 cm³/mol. The van der Waals surface area contributed by atoms with Gasteiger partial charge < -0.3 is 10.6 Å². The van der Waals surface area contributed by atoms with E-state index in [9.17, 15) is 0 Å². The third kappa shape index (κ3) is 3.43. The Bertz CT molecular complexity index is 508. The molecular formula is C17H24N2+2. The van der Waals surface area contributed by atoms with E-state index >= 15 is 0 Å². The molecule has 19 heavy (non-hydrogen) atoms. The molecule has 100 valence electrons. The van der Waals surface area contributed by atoms with E-state index < -0.39 is 0 Å². The van der Waals surface area contributed by atoms with E-state index in [1.165, 1.54) is 16.8 Å². The van der Waals surface area contributed by atoms with Crippen LogP contribution in [0.4, 0.5) is 5.69 Å². The molecule has 2 rings (SSSR count). The number of benzene rings is 2. The van der Waals surface area contributed by atoms with Crippen LogP contribution in [0, 0.1) is 0 Å². The molecule has 2 heteroatoms. The molecule has 2 atom stereocenters. The topological polar surface area (TPSA) is 33.2 Å². The number of para-hydroxylation sites is 1. The van der Waals surface area contributed by atoms with Gasteiger partial charge in [-0.1, -0.05) is 42.5 Å². The minimum absolute atomic E-state index is 0.461. The van der Waals surface area contributed by atoms with Crippen LogP contribution < -0.4 is 10.6 Å². The van der Waals surface area contributed by atoms with Crippen molar-refractivity contribution in [2.45, 2.75) is 25.9 Å². The first-order valence-electron chi connectivity index (χ1n) is 7.00. The minimum Gasteiger partial charge on any atom is -0.334 e. The molecule has 0 saturated carbocycles. The molecule has 0 spiro atoms. The predicted octanol–water partition coefficient (Wildman–Crippen LogP) is 1.90. The third-order valence-electron chi connectivity index (χ3n) is 3.70. The van der Waals surface area contributed by atoms with Crippen molar-refractivity contribution in [1.29, 1.82) is 0 Å². The lowest BCUT2D eigenvalue weighted by Crippen LogP contribution is -2.85. The van der Waals surface area contributed by atoms with Crippen molar-refractivity contribution in [3.05, 3.63) is 65.7 Å². The SMILES string of the molecule is C[NH2+]c1ccccc1[C@H](C)[NH2+][C@@H](C)c1ccccc1. The van der Waals surface area contributed by atoms with E-state index in [-0.39, 0.29) is 0 Å². The van der Waals surface area contributed by atoms with E-state index in [2.05, 4.69) is 86.1 Å². The van der Waals surface area contributed by atoms with Crippen LogP contribution in [0.3, 0.4) is 0 Å². The van der Waals surface area contributed by atoms with Crippen LogP contribution in [0.15, 0.2) is 54.6 Å². The van der Waals surface area contributed by atoms with Crippen LogP contribution in [0.5, 0.6) is 0 Å². The molecule has 2 aromatic carbocycles. The molecule has 0 aromatic heterocycles. The Morgan fingerprint density at radius 1 is 0.789 bits per heavy atom. The second-order valence-corrected chi connectivity index (χ2v) is 5.10. The van der Waals surface area contributed by atoms with Crippen molar-refractivity contribution in [3.63, 3.8) is 0 Å². The summed E-state index contributed by atoms with van der Waals surface area (Å²) in [5.41, 5.74) is 4.13. The molecule has 0 aliphatic heterocycles. The van der Waals surface area contributed by atoms with Crippen LogP contribution in [0.25, 0.3) is 0 Å². The Kier molecular flexibility index (Phi) is 4.72. The van der Waals surface area contributed by atoms with E-state index in [1.54, 1.807) is 0 Å². The monoisotopic (exact) mass is 256 g/mol. The van der Waals surface area contributed by atoms with E-state index in [4.69, 9.17) is 0 Å². The quantitative estimate of drug-likeness (QED) is 0.766. The van der Waals surface area contributed by atoms with Crippen molar-refractivity contribution >= 4 is 5.69 Å². The average Bonchev–Trinajstić information content (AvgIpc) is 2.48. The van der Waals surface area contributed by atoms with Gasteiger partial charge in [-0.05, 0) is 26.0 Å². The van der Waals surface area contributed by atoms with Gasteiger partial charge in [-0.15, -0.1) is 0 Å². The summed E-state index contributed by atoms with van der Waals surface area (Å²) in [5.74, 6) is 0. The highest BCUT2D eigenvalue weighted by Crippen LogP contribution is 2.17. The number of nitrogens with two attached hydrogens (primary N) is 2. The molecule has 0 heterocycles. The zero-order valence-electron chi connectivity index (χ0n) is 12.0. The van der Waals surface area contributed by atoms with E-state index in [0.717, 1.165) is 0 Å². The van der Waals surface area contributed by atoms with Gasteiger partial charge in [0, 0.05) is 5.56 Å².